The van der Waals surface area contributed by atoms with Crippen molar-refractivity contribution >= 4 is 29.1 Å². The number of hydrogen-bond donors (Lipinski definition) is 0. The summed E-state index contributed by atoms with van der Waals surface area (Å²) in [4.78, 5) is 16.9. The second-order valence-corrected chi connectivity index (χ2v) is 5.52. The monoisotopic (exact) mass is 326 g/mol. The predicted octanol–water partition coefficient (Wildman–Crippen LogP) is 3.93. The Morgan fingerprint density at radius 2 is 1.95 bits per heavy atom. The standard InChI is InChI=1S/C15H13Cl2FN2O/c1-9(2)19-14-5-3-4-6-20(14)15(21)10-7-13(18)12(17)8-11(10)16/h3-9H,1-2H3. The minimum Gasteiger partial charge on any atom is -0.268 e. The second-order valence-electron chi connectivity index (χ2n) is 4.70. The van der Waals surface area contributed by atoms with E-state index in [9.17, 15) is 9.18 Å². The SMILES string of the molecule is CC(C)N=c1ccccn1C(=O)c1cc(F)c(Cl)cc1Cl. The molecular weight excluding hydrogens is 314 g/mol. The Bertz CT molecular complexity index is 754. The van der Waals surface area contributed by atoms with Crippen molar-refractivity contribution in [1.29, 1.82) is 0 Å². The molecule has 0 aliphatic carbocycles. The van der Waals surface area contributed by atoms with Gasteiger partial charge in [0.05, 0.1) is 15.6 Å². The van der Waals surface area contributed by atoms with E-state index in [1.54, 1.807) is 24.4 Å². The Balaban J connectivity index is 2.59. The van der Waals surface area contributed by atoms with Crippen LogP contribution in [0.4, 0.5) is 4.39 Å². The van der Waals surface area contributed by atoms with Gasteiger partial charge in [-0.25, -0.2) is 4.39 Å². The summed E-state index contributed by atoms with van der Waals surface area (Å²) >= 11 is 11.6. The molecule has 1 heterocycles. The highest BCUT2D eigenvalue weighted by Crippen LogP contribution is 2.24. The molecule has 1 aromatic carbocycles. The van der Waals surface area contributed by atoms with Crippen LogP contribution >= 0.6 is 23.2 Å². The van der Waals surface area contributed by atoms with Crippen molar-refractivity contribution in [2.45, 2.75) is 19.9 Å². The van der Waals surface area contributed by atoms with Crippen molar-refractivity contribution in [3.8, 4) is 0 Å². The van der Waals surface area contributed by atoms with Crippen molar-refractivity contribution < 1.29 is 9.18 Å². The zero-order chi connectivity index (χ0) is 15.6. The van der Waals surface area contributed by atoms with Gasteiger partial charge in [0.15, 0.2) is 0 Å². The molecule has 0 aliphatic heterocycles. The molecule has 0 spiro atoms. The maximum atomic E-state index is 13.6. The zero-order valence-corrected chi connectivity index (χ0v) is 13.0. The van der Waals surface area contributed by atoms with Gasteiger partial charge in [-0.3, -0.25) is 14.4 Å². The molecule has 6 heteroatoms. The maximum Gasteiger partial charge on any atom is 0.265 e. The highest BCUT2D eigenvalue weighted by atomic mass is 35.5. The van der Waals surface area contributed by atoms with Gasteiger partial charge in [0, 0.05) is 12.2 Å². The molecule has 0 bridgehead atoms. The second kappa shape index (κ2) is 6.41. The van der Waals surface area contributed by atoms with Crippen LogP contribution in [0, 0.1) is 5.82 Å². The lowest BCUT2D eigenvalue weighted by Crippen LogP contribution is -2.28. The van der Waals surface area contributed by atoms with Crippen molar-refractivity contribution in [3.05, 3.63) is 63.4 Å². The fraction of sp³-hybridized carbons (Fsp3) is 0.200. The highest BCUT2D eigenvalue weighted by Gasteiger charge is 2.16. The largest absolute Gasteiger partial charge is 0.268 e. The highest BCUT2D eigenvalue weighted by molar-refractivity contribution is 6.36. The van der Waals surface area contributed by atoms with Crippen molar-refractivity contribution in [3.63, 3.8) is 0 Å². The van der Waals surface area contributed by atoms with Gasteiger partial charge in [0.2, 0.25) is 0 Å². The summed E-state index contributed by atoms with van der Waals surface area (Å²) in [6.45, 7) is 3.80. The molecule has 0 fully saturated rings. The summed E-state index contributed by atoms with van der Waals surface area (Å²) in [5, 5.41) is -0.0278. The lowest BCUT2D eigenvalue weighted by Gasteiger charge is -2.09. The molecule has 0 atom stereocenters. The molecule has 0 saturated carbocycles. The van der Waals surface area contributed by atoms with E-state index in [0.29, 0.717) is 5.49 Å². The number of nitrogens with zero attached hydrogens (tertiary/aromatic N) is 2. The minimum absolute atomic E-state index is 0.0175. The first-order chi connectivity index (χ1) is 9.90. The van der Waals surface area contributed by atoms with Gasteiger partial charge < -0.3 is 0 Å². The molecule has 0 unspecified atom stereocenters. The van der Waals surface area contributed by atoms with Gasteiger partial charge in [-0.15, -0.1) is 0 Å². The number of hydrogen-bond acceptors (Lipinski definition) is 2. The fourth-order valence-electron chi connectivity index (χ4n) is 1.79. The number of rotatable bonds is 2. The van der Waals surface area contributed by atoms with E-state index in [-0.39, 0.29) is 21.7 Å². The van der Waals surface area contributed by atoms with E-state index in [4.69, 9.17) is 23.2 Å². The average molecular weight is 327 g/mol. The molecule has 0 saturated heterocycles. The minimum atomic E-state index is -0.691. The third kappa shape index (κ3) is 3.52. The van der Waals surface area contributed by atoms with Gasteiger partial charge in [-0.1, -0.05) is 29.3 Å². The van der Waals surface area contributed by atoms with Crippen LogP contribution in [0.25, 0.3) is 0 Å². The molecular formula is C15H13Cl2FN2O. The molecule has 2 aromatic rings. The third-order valence-corrected chi connectivity index (χ3v) is 3.29. The van der Waals surface area contributed by atoms with Crippen LogP contribution < -0.4 is 5.49 Å². The third-order valence-electron chi connectivity index (χ3n) is 2.69. The van der Waals surface area contributed by atoms with Gasteiger partial charge in [0.1, 0.15) is 11.3 Å². The number of benzene rings is 1. The lowest BCUT2D eigenvalue weighted by atomic mass is 10.2. The Kier molecular flexibility index (Phi) is 4.80. The molecule has 0 radical (unpaired) electrons. The predicted molar refractivity (Wildman–Crippen MR) is 81.3 cm³/mol. The number of carbonyl (C=O) groups is 1. The Labute approximate surface area is 131 Å². The number of carbonyl (C=O) groups excluding carboxylic acids is 1. The van der Waals surface area contributed by atoms with E-state index in [1.807, 2.05) is 13.8 Å². The van der Waals surface area contributed by atoms with Gasteiger partial charge in [-0.05, 0) is 38.1 Å². The normalized spacial score (nSPS) is 12.0. The van der Waals surface area contributed by atoms with Gasteiger partial charge in [0.25, 0.3) is 5.91 Å². The van der Waals surface area contributed by atoms with Crippen molar-refractivity contribution in [2.75, 3.05) is 0 Å². The Morgan fingerprint density at radius 1 is 1.24 bits per heavy atom. The van der Waals surface area contributed by atoms with Gasteiger partial charge >= 0.3 is 0 Å². The van der Waals surface area contributed by atoms with Crippen molar-refractivity contribution in [1.82, 2.24) is 4.57 Å². The number of aromatic nitrogens is 1. The van der Waals surface area contributed by atoms with E-state index in [2.05, 4.69) is 4.99 Å². The van der Waals surface area contributed by atoms with Crippen LogP contribution in [0.2, 0.25) is 10.0 Å². The summed E-state index contributed by atoms with van der Waals surface area (Å²) in [6.07, 6.45) is 1.56. The van der Waals surface area contributed by atoms with Gasteiger partial charge in [-0.2, -0.15) is 0 Å². The van der Waals surface area contributed by atoms with Crippen LogP contribution in [0.5, 0.6) is 0 Å². The summed E-state index contributed by atoms with van der Waals surface area (Å²) in [5.41, 5.74) is 0.513. The molecule has 0 aliphatic rings. The van der Waals surface area contributed by atoms with E-state index >= 15 is 0 Å². The molecule has 1 aromatic heterocycles. The quantitative estimate of drug-likeness (QED) is 0.770. The first-order valence-corrected chi connectivity index (χ1v) is 7.06. The summed E-state index contributed by atoms with van der Waals surface area (Å²) in [5.74, 6) is -1.15. The van der Waals surface area contributed by atoms with Crippen LogP contribution in [0.1, 0.15) is 24.2 Å². The lowest BCUT2D eigenvalue weighted by molar-refractivity contribution is 0.0954. The fourth-order valence-corrected chi connectivity index (χ4v) is 2.26. The molecule has 2 rings (SSSR count). The van der Waals surface area contributed by atoms with Crippen LogP contribution in [0.15, 0.2) is 41.5 Å². The average Bonchev–Trinajstić information content (AvgIpc) is 2.42. The molecule has 0 amide bonds. The van der Waals surface area contributed by atoms with E-state index < -0.39 is 11.7 Å². The maximum absolute atomic E-state index is 13.6. The molecule has 3 nitrogen and oxygen atoms in total. The smallest absolute Gasteiger partial charge is 0.265 e. The summed E-state index contributed by atoms with van der Waals surface area (Å²) < 4.78 is 14.9. The van der Waals surface area contributed by atoms with E-state index in [0.717, 1.165) is 6.07 Å². The Morgan fingerprint density at radius 3 is 2.62 bits per heavy atom. The molecule has 21 heavy (non-hydrogen) atoms. The van der Waals surface area contributed by atoms with Crippen LogP contribution in [0.3, 0.4) is 0 Å². The molecule has 0 N–H and O–H groups in total. The first kappa shape index (κ1) is 15.7. The zero-order valence-electron chi connectivity index (χ0n) is 11.5. The topological polar surface area (TPSA) is 34.4 Å². The van der Waals surface area contributed by atoms with Crippen molar-refractivity contribution in [2.24, 2.45) is 4.99 Å². The van der Waals surface area contributed by atoms with E-state index in [1.165, 1.54) is 10.6 Å². The first-order valence-electron chi connectivity index (χ1n) is 6.31. The van der Waals surface area contributed by atoms with Crippen LogP contribution in [-0.2, 0) is 0 Å². The summed E-state index contributed by atoms with van der Waals surface area (Å²) in [6, 6.07) is 7.44. The molecule has 110 valence electrons. The van der Waals surface area contributed by atoms with Crippen LogP contribution in [-0.4, -0.2) is 16.5 Å². The number of halogens is 3. The number of pyridine rings is 1. The Hall–Kier alpha value is -1.65. The summed E-state index contributed by atoms with van der Waals surface area (Å²) in [7, 11) is 0.